The van der Waals surface area contributed by atoms with Crippen LogP contribution in [-0.4, -0.2) is 59.2 Å². The molecule has 0 fully saturated rings. The summed E-state index contributed by atoms with van der Waals surface area (Å²) in [6, 6.07) is 12.2. The first-order valence-corrected chi connectivity index (χ1v) is 15.7. The first-order valence-electron chi connectivity index (χ1n) is 13.5. The van der Waals surface area contributed by atoms with Gasteiger partial charge in [0.15, 0.2) is 5.58 Å². The van der Waals surface area contributed by atoms with Crippen molar-refractivity contribution in [3.63, 3.8) is 0 Å². The van der Waals surface area contributed by atoms with Crippen molar-refractivity contribution >= 4 is 43.9 Å². The van der Waals surface area contributed by atoms with E-state index in [2.05, 4.69) is 9.36 Å². The summed E-state index contributed by atoms with van der Waals surface area (Å²) in [7, 11) is -1.72. The molecule has 0 saturated heterocycles. The molecule has 5 aromatic rings. The number of rotatable bonds is 9. The van der Waals surface area contributed by atoms with Gasteiger partial charge in [-0.05, 0) is 35.2 Å². The number of fused-ring (bicyclic) bond motifs is 2. The van der Waals surface area contributed by atoms with Gasteiger partial charge < -0.3 is 23.9 Å². The summed E-state index contributed by atoms with van der Waals surface area (Å²) in [6.07, 6.45) is 0.648. The highest BCUT2D eigenvalue weighted by Gasteiger charge is 2.33. The lowest BCUT2D eigenvalue weighted by atomic mass is 9.95. The number of methoxy groups -OCH3 is 2. The zero-order valence-corrected chi connectivity index (χ0v) is 25.6. The van der Waals surface area contributed by atoms with Gasteiger partial charge in [0, 0.05) is 48.4 Å². The average molecular weight is 656 g/mol. The number of aromatic nitrogens is 3. The van der Waals surface area contributed by atoms with Gasteiger partial charge in [0.2, 0.25) is 5.13 Å². The van der Waals surface area contributed by atoms with E-state index < -0.39 is 32.6 Å². The number of carbonyl (C=O) groups is 1. The molecule has 3 aromatic carbocycles. The molecule has 0 bridgehead atoms. The molecule has 0 radical (unpaired) electrons. The van der Waals surface area contributed by atoms with E-state index in [0.29, 0.717) is 35.6 Å². The zero-order chi connectivity index (χ0) is 31.9. The fraction of sp³-hybridized carbons (Fsp3) is 0.241. The van der Waals surface area contributed by atoms with Gasteiger partial charge in [-0.3, -0.25) is 4.57 Å². The van der Waals surface area contributed by atoms with Crippen LogP contribution in [0.25, 0.3) is 11.1 Å². The van der Waals surface area contributed by atoms with Gasteiger partial charge in [-0.2, -0.15) is 4.37 Å². The molecule has 234 valence electrons. The Morgan fingerprint density at radius 1 is 1.16 bits per heavy atom. The van der Waals surface area contributed by atoms with Gasteiger partial charge in [-0.1, -0.05) is 18.2 Å². The lowest BCUT2D eigenvalue weighted by molar-refractivity contribution is 0.139. The number of nitrogens with zero attached hydrogens (tertiary/aromatic N) is 5. The van der Waals surface area contributed by atoms with Gasteiger partial charge in [-0.25, -0.2) is 31.7 Å². The molecule has 0 saturated carbocycles. The quantitative estimate of drug-likeness (QED) is 0.245. The van der Waals surface area contributed by atoms with E-state index in [4.69, 9.17) is 13.9 Å². The largest absolute Gasteiger partial charge is 0.497 e. The Morgan fingerprint density at radius 3 is 2.69 bits per heavy atom. The maximum atomic E-state index is 15.8. The lowest BCUT2D eigenvalue weighted by Gasteiger charge is -2.28. The Bertz CT molecular complexity index is 2080. The Hall–Kier alpha value is -4.96. The molecule has 45 heavy (non-hydrogen) atoms. The number of hydrogen-bond acceptors (Lipinski definition) is 10. The number of halogens is 1. The minimum Gasteiger partial charge on any atom is -0.497 e. The van der Waals surface area contributed by atoms with Crippen molar-refractivity contribution in [1.82, 2.24) is 18.8 Å². The van der Waals surface area contributed by atoms with Crippen molar-refractivity contribution in [2.75, 3.05) is 25.1 Å². The fourth-order valence-electron chi connectivity index (χ4n) is 5.33. The molecule has 0 unspecified atom stereocenters. The lowest BCUT2D eigenvalue weighted by Crippen LogP contribution is -2.35. The van der Waals surface area contributed by atoms with Crippen LogP contribution < -0.4 is 19.5 Å². The van der Waals surface area contributed by atoms with Gasteiger partial charge in [-0.15, -0.1) is 0 Å². The summed E-state index contributed by atoms with van der Waals surface area (Å²) < 4.78 is 66.0. The summed E-state index contributed by atoms with van der Waals surface area (Å²) in [5.74, 6) is -1.10. The van der Waals surface area contributed by atoms with E-state index >= 15 is 4.39 Å². The van der Waals surface area contributed by atoms with Crippen LogP contribution in [0.3, 0.4) is 0 Å². The molecule has 0 spiro atoms. The van der Waals surface area contributed by atoms with Gasteiger partial charge in [0.05, 0.1) is 32.8 Å². The molecule has 2 aromatic heterocycles. The third kappa shape index (κ3) is 5.57. The number of sulfonamides is 1. The fourth-order valence-corrected chi connectivity index (χ4v) is 7.53. The molecule has 13 nitrogen and oxygen atoms in total. The van der Waals surface area contributed by atoms with Gasteiger partial charge in [0.1, 0.15) is 28.5 Å². The normalized spacial score (nSPS) is 13.1. The number of benzene rings is 3. The molecule has 1 aliphatic rings. The number of ether oxygens (including phenoxy) is 2. The van der Waals surface area contributed by atoms with E-state index in [1.807, 2.05) is 12.1 Å². The number of amides is 1. The monoisotopic (exact) mass is 655 g/mol. The van der Waals surface area contributed by atoms with Crippen LogP contribution in [0.5, 0.6) is 11.5 Å². The zero-order valence-electron chi connectivity index (χ0n) is 24.0. The average Bonchev–Trinajstić information content (AvgIpc) is 3.67. The van der Waals surface area contributed by atoms with Crippen LogP contribution in [0.2, 0.25) is 0 Å². The van der Waals surface area contributed by atoms with Crippen molar-refractivity contribution in [2.45, 2.75) is 31.0 Å². The van der Waals surface area contributed by atoms with Crippen molar-refractivity contribution in [2.24, 2.45) is 0 Å². The predicted molar refractivity (Wildman–Crippen MR) is 161 cm³/mol. The Kier molecular flexibility index (Phi) is 7.92. The third-order valence-corrected chi connectivity index (χ3v) is 10.2. The van der Waals surface area contributed by atoms with E-state index in [1.54, 1.807) is 24.3 Å². The number of oxazole rings is 1. The van der Waals surface area contributed by atoms with E-state index in [-0.39, 0.29) is 35.9 Å². The topological polar surface area (TPSA) is 157 Å². The van der Waals surface area contributed by atoms with Gasteiger partial charge >= 0.3 is 11.8 Å². The highest BCUT2D eigenvalue weighted by Crippen LogP contribution is 2.34. The molecule has 6 rings (SSSR count). The second-order valence-corrected chi connectivity index (χ2v) is 12.7. The molecule has 0 atom stereocenters. The maximum Gasteiger partial charge on any atom is 0.420 e. The second-order valence-electron chi connectivity index (χ2n) is 10.1. The SMILES string of the molecule is COc1ccc(CN(c2ncns2)S(=O)(=O)c2cc3oc(=O)n(Cc4cccc5c4CN(C(=O)O)CC5)c3cc2F)c(OC)c1. The predicted octanol–water partition coefficient (Wildman–Crippen LogP) is 4.08. The number of hydrogen-bond donors (Lipinski definition) is 1. The Balaban J connectivity index is 1.39. The van der Waals surface area contributed by atoms with Crippen molar-refractivity contribution in [1.29, 1.82) is 0 Å². The first kappa shape index (κ1) is 30.1. The Labute approximate surface area is 259 Å². The number of anilines is 1. The van der Waals surface area contributed by atoms with Crippen molar-refractivity contribution < 1.29 is 36.6 Å². The second kappa shape index (κ2) is 11.9. The summed E-state index contributed by atoms with van der Waals surface area (Å²) in [5, 5.41) is 9.47. The summed E-state index contributed by atoms with van der Waals surface area (Å²) >= 11 is 0.803. The summed E-state index contributed by atoms with van der Waals surface area (Å²) in [5.41, 5.74) is 2.72. The highest BCUT2D eigenvalue weighted by atomic mass is 32.2. The molecule has 0 aliphatic carbocycles. The first-order chi connectivity index (χ1) is 21.6. The molecular formula is C29H26FN5O8S2. The minimum absolute atomic E-state index is 0.0179. The van der Waals surface area contributed by atoms with Crippen LogP contribution in [0.1, 0.15) is 22.3 Å². The highest BCUT2D eigenvalue weighted by molar-refractivity contribution is 7.93. The maximum absolute atomic E-state index is 15.8. The Morgan fingerprint density at radius 2 is 1.98 bits per heavy atom. The molecular weight excluding hydrogens is 629 g/mol. The molecule has 1 aliphatic heterocycles. The molecule has 3 heterocycles. The van der Waals surface area contributed by atoms with Crippen LogP contribution in [0.4, 0.5) is 14.3 Å². The molecule has 1 amide bonds. The standard InChI is InChI=1S/C29H26FN5O8S2/c1-41-20-7-6-19(24(10-20)42-2)14-35(27-31-16-32-44-27)45(39,40)26-12-25-23(11-22(26)30)34(29(38)43-25)13-18-5-3-4-17-8-9-33(28(36)37)15-21(17)18/h3-7,10-12,16H,8-9,13-15H2,1-2H3,(H,36,37). The van der Waals surface area contributed by atoms with Crippen molar-refractivity contribution in [3.8, 4) is 11.5 Å². The van der Waals surface area contributed by atoms with Crippen LogP contribution in [-0.2, 0) is 36.1 Å². The summed E-state index contributed by atoms with van der Waals surface area (Å²) in [4.78, 5) is 29.2. The molecule has 1 N–H and O–H groups in total. The van der Waals surface area contributed by atoms with Gasteiger partial charge in [0.25, 0.3) is 10.0 Å². The van der Waals surface area contributed by atoms with E-state index in [0.717, 1.165) is 39.1 Å². The minimum atomic E-state index is -4.63. The number of carboxylic acid groups (broad SMARTS) is 1. The van der Waals surface area contributed by atoms with E-state index in [1.165, 1.54) is 30.0 Å². The van der Waals surface area contributed by atoms with E-state index in [9.17, 15) is 23.1 Å². The van der Waals surface area contributed by atoms with Crippen LogP contribution in [0.15, 0.2) is 69.0 Å². The van der Waals surface area contributed by atoms with Crippen LogP contribution in [0, 0.1) is 5.82 Å². The van der Waals surface area contributed by atoms with Crippen LogP contribution >= 0.6 is 11.5 Å². The smallest absolute Gasteiger partial charge is 0.420 e. The third-order valence-electron chi connectivity index (χ3n) is 7.63. The molecule has 16 heteroatoms. The van der Waals surface area contributed by atoms with Crippen molar-refractivity contribution in [3.05, 3.63) is 93.5 Å². The summed E-state index contributed by atoms with van der Waals surface area (Å²) in [6.45, 7) is 0.173.